The normalized spacial score (nSPS) is 12.2. The lowest BCUT2D eigenvalue weighted by atomic mass is 10.0. The van der Waals surface area contributed by atoms with Crippen molar-refractivity contribution < 1.29 is 19.1 Å². The van der Waals surface area contributed by atoms with Gasteiger partial charge in [0.2, 0.25) is 0 Å². The highest BCUT2D eigenvalue weighted by Gasteiger charge is 2.23. The first-order chi connectivity index (χ1) is 11.4. The molecule has 124 valence electrons. The van der Waals surface area contributed by atoms with E-state index in [9.17, 15) is 19.1 Å². The number of nitrogens with zero attached hydrogens (tertiary/aromatic N) is 2. The van der Waals surface area contributed by atoms with Gasteiger partial charge in [-0.2, -0.15) is 5.10 Å². The summed E-state index contributed by atoms with van der Waals surface area (Å²) in [5.41, 5.74) is 1.54. The molecule has 8 heteroatoms. The summed E-state index contributed by atoms with van der Waals surface area (Å²) in [5, 5.41) is 16.5. The molecule has 1 aromatic carbocycles. The molecular formula is C16H15FN4O3. The number of H-pyrrole nitrogens is 1. The molecule has 2 heterocycles. The lowest BCUT2D eigenvalue weighted by Crippen LogP contribution is -2.42. The third-order valence-corrected chi connectivity index (χ3v) is 3.72. The van der Waals surface area contributed by atoms with E-state index in [4.69, 9.17) is 0 Å². The van der Waals surface area contributed by atoms with E-state index in [2.05, 4.69) is 15.4 Å². The van der Waals surface area contributed by atoms with Crippen molar-refractivity contribution in [3.8, 4) is 0 Å². The number of fused-ring (bicyclic) bond motifs is 1. The standard InChI is InChI=1S/C16H15FN4O3/c1-21-8-10(7-19-21)15(22)20-14(16(23)24)4-9-6-18-13-5-11(17)2-3-12(9)13/h2-3,5-8,14,18H,4H2,1H3,(H,20,22)(H,23,24). The molecule has 0 aliphatic rings. The molecule has 7 nitrogen and oxygen atoms in total. The van der Waals surface area contributed by atoms with Gasteiger partial charge in [0, 0.05) is 36.8 Å². The quantitative estimate of drug-likeness (QED) is 0.659. The Morgan fingerprint density at radius 3 is 2.92 bits per heavy atom. The smallest absolute Gasteiger partial charge is 0.326 e. The van der Waals surface area contributed by atoms with Crippen molar-refractivity contribution in [3.05, 3.63) is 53.7 Å². The number of rotatable bonds is 5. The van der Waals surface area contributed by atoms with Gasteiger partial charge in [-0.1, -0.05) is 0 Å². The van der Waals surface area contributed by atoms with E-state index in [0.717, 1.165) is 5.39 Å². The number of aromatic nitrogens is 3. The number of nitrogens with one attached hydrogen (secondary N) is 2. The molecule has 1 atom stereocenters. The van der Waals surface area contributed by atoms with Crippen LogP contribution in [-0.2, 0) is 18.3 Å². The van der Waals surface area contributed by atoms with E-state index in [-0.39, 0.29) is 17.8 Å². The highest BCUT2D eigenvalue weighted by Crippen LogP contribution is 2.20. The van der Waals surface area contributed by atoms with Crippen LogP contribution in [0.4, 0.5) is 4.39 Å². The van der Waals surface area contributed by atoms with Crippen molar-refractivity contribution in [1.29, 1.82) is 0 Å². The van der Waals surface area contributed by atoms with Crippen molar-refractivity contribution in [3.63, 3.8) is 0 Å². The van der Waals surface area contributed by atoms with Crippen LogP contribution in [0.25, 0.3) is 10.9 Å². The number of aliphatic carboxylic acids is 1. The fourth-order valence-electron chi connectivity index (χ4n) is 2.53. The Morgan fingerprint density at radius 1 is 1.46 bits per heavy atom. The number of benzene rings is 1. The van der Waals surface area contributed by atoms with Gasteiger partial charge in [0.1, 0.15) is 11.9 Å². The second-order valence-electron chi connectivity index (χ2n) is 5.47. The Hall–Kier alpha value is -3.16. The molecule has 3 aromatic rings. The first-order valence-corrected chi connectivity index (χ1v) is 7.22. The summed E-state index contributed by atoms with van der Waals surface area (Å²) in [4.78, 5) is 26.5. The number of hydrogen-bond acceptors (Lipinski definition) is 3. The fourth-order valence-corrected chi connectivity index (χ4v) is 2.53. The molecule has 0 aliphatic heterocycles. The van der Waals surface area contributed by atoms with Crippen molar-refractivity contribution in [1.82, 2.24) is 20.1 Å². The predicted octanol–water partition coefficient (Wildman–Crippen LogP) is 1.47. The highest BCUT2D eigenvalue weighted by molar-refractivity contribution is 5.96. The van der Waals surface area contributed by atoms with Gasteiger partial charge in [0.15, 0.2) is 0 Å². The van der Waals surface area contributed by atoms with E-state index in [1.54, 1.807) is 19.3 Å². The minimum atomic E-state index is -1.15. The largest absolute Gasteiger partial charge is 0.480 e. The second kappa shape index (κ2) is 6.15. The van der Waals surface area contributed by atoms with E-state index in [1.165, 1.54) is 29.2 Å². The van der Waals surface area contributed by atoms with Crippen LogP contribution in [0.2, 0.25) is 0 Å². The van der Waals surface area contributed by atoms with Gasteiger partial charge in [-0.25, -0.2) is 9.18 Å². The van der Waals surface area contributed by atoms with Crippen molar-refractivity contribution in [2.24, 2.45) is 7.05 Å². The summed E-state index contributed by atoms with van der Waals surface area (Å²) in [5.74, 6) is -2.04. The molecule has 1 amide bonds. The minimum Gasteiger partial charge on any atom is -0.480 e. The van der Waals surface area contributed by atoms with Crippen molar-refractivity contribution in [2.45, 2.75) is 12.5 Å². The number of amides is 1. The predicted molar refractivity (Wildman–Crippen MR) is 84.1 cm³/mol. The Bertz CT molecular complexity index is 915. The molecule has 3 rings (SSSR count). The average molecular weight is 330 g/mol. The molecule has 24 heavy (non-hydrogen) atoms. The van der Waals surface area contributed by atoms with Gasteiger partial charge in [-0.15, -0.1) is 0 Å². The van der Waals surface area contributed by atoms with Gasteiger partial charge >= 0.3 is 5.97 Å². The summed E-state index contributed by atoms with van der Waals surface area (Å²) in [6.45, 7) is 0. The fraction of sp³-hybridized carbons (Fsp3) is 0.188. The first kappa shape index (κ1) is 15.7. The van der Waals surface area contributed by atoms with Crippen LogP contribution >= 0.6 is 0 Å². The van der Waals surface area contributed by atoms with Crippen LogP contribution in [0.3, 0.4) is 0 Å². The topological polar surface area (TPSA) is 100 Å². The van der Waals surface area contributed by atoms with Crippen LogP contribution in [0.15, 0.2) is 36.8 Å². The van der Waals surface area contributed by atoms with Crippen LogP contribution < -0.4 is 5.32 Å². The maximum absolute atomic E-state index is 13.2. The number of aryl methyl sites for hydroxylation is 1. The van der Waals surface area contributed by atoms with E-state index in [0.29, 0.717) is 11.1 Å². The summed E-state index contributed by atoms with van der Waals surface area (Å²) < 4.78 is 14.7. The Morgan fingerprint density at radius 2 is 2.25 bits per heavy atom. The summed E-state index contributed by atoms with van der Waals surface area (Å²) >= 11 is 0. The molecule has 1 unspecified atom stereocenters. The molecule has 0 saturated heterocycles. The lowest BCUT2D eigenvalue weighted by Gasteiger charge is -2.13. The lowest BCUT2D eigenvalue weighted by molar-refractivity contribution is -0.139. The maximum atomic E-state index is 13.2. The number of carbonyl (C=O) groups is 2. The van der Waals surface area contributed by atoms with Gasteiger partial charge in [0.25, 0.3) is 5.91 Å². The third kappa shape index (κ3) is 3.12. The molecule has 0 radical (unpaired) electrons. The Kier molecular flexibility index (Phi) is 4.03. The first-order valence-electron chi connectivity index (χ1n) is 7.22. The Balaban J connectivity index is 1.80. The highest BCUT2D eigenvalue weighted by atomic mass is 19.1. The second-order valence-corrected chi connectivity index (χ2v) is 5.47. The minimum absolute atomic E-state index is 0.0764. The van der Waals surface area contributed by atoms with Gasteiger partial charge < -0.3 is 15.4 Å². The van der Waals surface area contributed by atoms with Crippen LogP contribution in [-0.4, -0.2) is 37.8 Å². The molecule has 2 aromatic heterocycles. The number of carboxylic acids is 1. The zero-order valence-electron chi connectivity index (χ0n) is 12.8. The van der Waals surface area contributed by atoms with E-state index < -0.39 is 17.9 Å². The van der Waals surface area contributed by atoms with Crippen LogP contribution in [0, 0.1) is 5.82 Å². The van der Waals surface area contributed by atoms with E-state index in [1.807, 2.05) is 0 Å². The maximum Gasteiger partial charge on any atom is 0.326 e. The number of halogens is 1. The molecule has 0 saturated carbocycles. The number of hydrogen-bond donors (Lipinski definition) is 3. The molecule has 0 fully saturated rings. The molecule has 0 bridgehead atoms. The Labute approximate surface area is 136 Å². The van der Waals surface area contributed by atoms with Gasteiger partial charge in [-0.3, -0.25) is 9.48 Å². The zero-order chi connectivity index (χ0) is 17.3. The SMILES string of the molecule is Cn1cc(C(=O)NC(Cc2c[nH]c3cc(F)ccc23)C(=O)O)cn1. The van der Waals surface area contributed by atoms with Crippen molar-refractivity contribution >= 4 is 22.8 Å². The molecular weight excluding hydrogens is 315 g/mol. The number of carbonyl (C=O) groups excluding carboxylic acids is 1. The summed E-state index contributed by atoms with van der Waals surface area (Å²) in [6.07, 6.45) is 4.56. The molecule has 0 spiro atoms. The monoisotopic (exact) mass is 330 g/mol. The zero-order valence-corrected chi connectivity index (χ0v) is 12.8. The van der Waals surface area contributed by atoms with Gasteiger partial charge in [0.05, 0.1) is 11.8 Å². The number of aromatic amines is 1. The van der Waals surface area contributed by atoms with Gasteiger partial charge in [-0.05, 0) is 23.8 Å². The van der Waals surface area contributed by atoms with Crippen LogP contribution in [0.1, 0.15) is 15.9 Å². The average Bonchev–Trinajstić information content (AvgIpc) is 3.12. The summed E-state index contributed by atoms with van der Waals surface area (Å²) in [6, 6.07) is 3.12. The third-order valence-electron chi connectivity index (χ3n) is 3.72. The summed E-state index contributed by atoms with van der Waals surface area (Å²) in [7, 11) is 1.66. The molecule has 3 N–H and O–H groups in total. The van der Waals surface area contributed by atoms with Crippen molar-refractivity contribution in [2.75, 3.05) is 0 Å². The van der Waals surface area contributed by atoms with Crippen LogP contribution in [0.5, 0.6) is 0 Å². The number of carboxylic acid groups (broad SMARTS) is 1. The van der Waals surface area contributed by atoms with E-state index >= 15 is 0 Å². The molecule has 0 aliphatic carbocycles.